The van der Waals surface area contributed by atoms with Gasteiger partial charge in [0.25, 0.3) is 0 Å². The minimum Gasteiger partial charge on any atom is -0.444 e. The van der Waals surface area contributed by atoms with E-state index in [2.05, 4.69) is 20.8 Å². The van der Waals surface area contributed by atoms with Crippen LogP contribution >= 0.6 is 0 Å². The maximum atomic E-state index is 11.8. The Morgan fingerprint density at radius 3 is 3.06 bits per heavy atom. The smallest absolute Gasteiger partial charge is 0.408 e. The molecular weight excluding hydrogens is 232 g/mol. The molecule has 1 unspecified atom stereocenters. The van der Waals surface area contributed by atoms with Crippen LogP contribution in [0.15, 0.2) is 6.20 Å². The van der Waals surface area contributed by atoms with Gasteiger partial charge in [0.15, 0.2) is 0 Å². The number of alkyl carbamates (subject to hydrolysis) is 1. The Balaban J connectivity index is 2.04. The van der Waals surface area contributed by atoms with Gasteiger partial charge in [-0.05, 0) is 33.6 Å². The third kappa shape index (κ3) is 3.15. The molecule has 0 radical (unpaired) electrons. The molecule has 1 amide bonds. The lowest BCUT2D eigenvalue weighted by Crippen LogP contribution is -2.34. The molecule has 0 saturated heterocycles. The molecule has 1 aliphatic heterocycles. The van der Waals surface area contributed by atoms with E-state index in [4.69, 9.17) is 4.74 Å². The Bertz CT molecular complexity index is 422. The largest absolute Gasteiger partial charge is 0.444 e. The van der Waals surface area contributed by atoms with E-state index in [1.165, 1.54) is 0 Å². The van der Waals surface area contributed by atoms with Crippen molar-refractivity contribution in [3.8, 4) is 0 Å². The van der Waals surface area contributed by atoms with Crippen molar-refractivity contribution in [2.75, 3.05) is 11.9 Å². The summed E-state index contributed by atoms with van der Waals surface area (Å²) in [5.41, 5.74) is 0.505. The van der Waals surface area contributed by atoms with E-state index < -0.39 is 5.60 Å². The van der Waals surface area contributed by atoms with Gasteiger partial charge >= 0.3 is 6.09 Å². The molecule has 100 valence electrons. The number of aromatic nitrogens is 2. The molecule has 6 heteroatoms. The van der Waals surface area contributed by atoms with Gasteiger partial charge < -0.3 is 15.4 Å². The highest BCUT2D eigenvalue weighted by Crippen LogP contribution is 2.27. The lowest BCUT2D eigenvalue weighted by atomic mass is 10.1. The minimum atomic E-state index is -0.480. The molecule has 1 aliphatic rings. The summed E-state index contributed by atoms with van der Waals surface area (Å²) in [6.07, 6.45) is 3.22. The van der Waals surface area contributed by atoms with E-state index in [-0.39, 0.29) is 12.1 Å². The van der Waals surface area contributed by atoms with Crippen LogP contribution in [0.1, 0.15) is 45.2 Å². The van der Waals surface area contributed by atoms with Crippen molar-refractivity contribution in [2.45, 2.75) is 45.3 Å². The van der Waals surface area contributed by atoms with Gasteiger partial charge in [-0.25, -0.2) is 4.79 Å². The first-order valence-corrected chi connectivity index (χ1v) is 6.22. The zero-order chi connectivity index (χ0) is 13.2. The highest BCUT2D eigenvalue weighted by molar-refractivity contribution is 5.69. The Morgan fingerprint density at radius 1 is 1.56 bits per heavy atom. The summed E-state index contributed by atoms with van der Waals surface area (Å²) in [5, 5.41) is 13.0. The van der Waals surface area contributed by atoms with Gasteiger partial charge in [0.1, 0.15) is 11.4 Å². The van der Waals surface area contributed by atoms with Crippen molar-refractivity contribution < 1.29 is 9.53 Å². The Labute approximate surface area is 106 Å². The van der Waals surface area contributed by atoms with Gasteiger partial charge in [0, 0.05) is 12.1 Å². The Hall–Kier alpha value is -1.72. The van der Waals surface area contributed by atoms with Crippen molar-refractivity contribution in [2.24, 2.45) is 0 Å². The fraction of sp³-hybridized carbons (Fsp3) is 0.667. The number of fused-ring (bicyclic) bond motifs is 1. The molecule has 0 aromatic carbocycles. The van der Waals surface area contributed by atoms with E-state index in [1.807, 2.05) is 20.8 Å². The quantitative estimate of drug-likeness (QED) is 0.715. The molecule has 2 heterocycles. The summed E-state index contributed by atoms with van der Waals surface area (Å²) in [4.78, 5) is 11.8. The molecule has 2 rings (SSSR count). The van der Waals surface area contributed by atoms with E-state index in [0.29, 0.717) is 0 Å². The van der Waals surface area contributed by atoms with E-state index in [9.17, 15) is 4.79 Å². The zero-order valence-electron chi connectivity index (χ0n) is 11.0. The number of hydrogen-bond donors (Lipinski definition) is 3. The maximum absolute atomic E-state index is 11.8. The highest BCUT2D eigenvalue weighted by Gasteiger charge is 2.24. The predicted octanol–water partition coefficient (Wildman–Crippen LogP) is 2.18. The van der Waals surface area contributed by atoms with Gasteiger partial charge in [0.2, 0.25) is 0 Å². The molecule has 0 fully saturated rings. The summed E-state index contributed by atoms with van der Waals surface area (Å²) in [6, 6.07) is -0.0522. The van der Waals surface area contributed by atoms with Crippen molar-refractivity contribution in [3.63, 3.8) is 0 Å². The normalized spacial score (nSPS) is 19.4. The van der Waals surface area contributed by atoms with Crippen molar-refractivity contribution in [1.82, 2.24) is 15.5 Å². The summed E-state index contributed by atoms with van der Waals surface area (Å²) >= 11 is 0. The molecule has 1 aromatic rings. The lowest BCUT2D eigenvalue weighted by Gasteiger charge is -2.22. The second kappa shape index (κ2) is 4.88. The lowest BCUT2D eigenvalue weighted by molar-refractivity contribution is 0.0501. The van der Waals surface area contributed by atoms with E-state index >= 15 is 0 Å². The first-order valence-electron chi connectivity index (χ1n) is 6.22. The average molecular weight is 252 g/mol. The van der Waals surface area contributed by atoms with Crippen LogP contribution in [0.2, 0.25) is 0 Å². The molecule has 18 heavy (non-hydrogen) atoms. The predicted molar refractivity (Wildman–Crippen MR) is 68.4 cm³/mol. The van der Waals surface area contributed by atoms with Crippen molar-refractivity contribution >= 4 is 11.9 Å². The van der Waals surface area contributed by atoms with Crippen LogP contribution in [0.25, 0.3) is 0 Å². The van der Waals surface area contributed by atoms with Crippen molar-refractivity contribution in [3.05, 3.63) is 11.8 Å². The standard InChI is InChI=1S/C12H20N4O2/c1-12(2,3)18-11(17)15-9-5-4-6-13-10-8(9)7-14-16-10/h7,9H,4-6H2,1-3H3,(H,15,17)(H2,13,14,16). The molecule has 1 aromatic heterocycles. The molecule has 0 bridgehead atoms. The number of carbonyl (C=O) groups is 1. The van der Waals surface area contributed by atoms with Crippen LogP contribution in [0, 0.1) is 0 Å². The number of amides is 1. The maximum Gasteiger partial charge on any atom is 0.408 e. The molecule has 0 aliphatic carbocycles. The van der Waals surface area contributed by atoms with Gasteiger partial charge in [-0.15, -0.1) is 0 Å². The fourth-order valence-corrected chi connectivity index (χ4v) is 1.98. The van der Waals surface area contributed by atoms with Gasteiger partial charge in [-0.2, -0.15) is 5.10 Å². The SMILES string of the molecule is CC(C)(C)OC(=O)NC1CCCNc2[nH]ncc21. The summed E-state index contributed by atoms with van der Waals surface area (Å²) in [5.74, 6) is 0.883. The fourth-order valence-electron chi connectivity index (χ4n) is 1.98. The second-order valence-corrected chi connectivity index (χ2v) is 5.47. The number of aromatic amines is 1. The van der Waals surface area contributed by atoms with Crippen LogP contribution < -0.4 is 10.6 Å². The van der Waals surface area contributed by atoms with Crippen LogP contribution in [0.4, 0.5) is 10.6 Å². The monoisotopic (exact) mass is 252 g/mol. The number of hydrogen-bond acceptors (Lipinski definition) is 4. The van der Waals surface area contributed by atoms with Crippen molar-refractivity contribution in [1.29, 1.82) is 0 Å². The molecular formula is C12H20N4O2. The number of rotatable bonds is 1. The first-order chi connectivity index (χ1) is 8.46. The third-order valence-corrected chi connectivity index (χ3v) is 2.71. The molecule has 3 N–H and O–H groups in total. The van der Waals surface area contributed by atoms with Crippen LogP contribution in [-0.4, -0.2) is 28.4 Å². The van der Waals surface area contributed by atoms with Crippen LogP contribution in [-0.2, 0) is 4.74 Å². The Morgan fingerprint density at radius 2 is 2.33 bits per heavy atom. The number of nitrogens with one attached hydrogen (secondary N) is 3. The number of carbonyl (C=O) groups excluding carboxylic acids is 1. The average Bonchev–Trinajstić information content (AvgIpc) is 2.61. The van der Waals surface area contributed by atoms with Crippen LogP contribution in [0.3, 0.4) is 0 Å². The molecule has 0 saturated carbocycles. The van der Waals surface area contributed by atoms with Crippen LogP contribution in [0.5, 0.6) is 0 Å². The van der Waals surface area contributed by atoms with Gasteiger partial charge in [-0.3, -0.25) is 5.10 Å². The molecule has 0 spiro atoms. The summed E-state index contributed by atoms with van der Waals surface area (Å²) in [6.45, 7) is 6.43. The van der Waals surface area contributed by atoms with Gasteiger partial charge in [0.05, 0.1) is 12.2 Å². The minimum absolute atomic E-state index is 0.0522. The molecule has 6 nitrogen and oxygen atoms in total. The second-order valence-electron chi connectivity index (χ2n) is 5.47. The summed E-state index contributed by atoms with van der Waals surface area (Å²) < 4.78 is 5.27. The van der Waals surface area contributed by atoms with E-state index in [1.54, 1.807) is 6.20 Å². The molecule has 1 atom stereocenters. The number of H-pyrrole nitrogens is 1. The van der Waals surface area contributed by atoms with E-state index in [0.717, 1.165) is 30.8 Å². The zero-order valence-corrected chi connectivity index (χ0v) is 11.0. The number of nitrogens with zero attached hydrogens (tertiary/aromatic N) is 1. The third-order valence-electron chi connectivity index (χ3n) is 2.71. The Kier molecular flexibility index (Phi) is 3.45. The topological polar surface area (TPSA) is 79.0 Å². The number of ether oxygens (including phenoxy) is 1. The first kappa shape index (κ1) is 12.7. The van der Waals surface area contributed by atoms with Gasteiger partial charge in [-0.1, -0.05) is 0 Å². The number of anilines is 1. The highest BCUT2D eigenvalue weighted by atomic mass is 16.6. The summed E-state index contributed by atoms with van der Waals surface area (Å²) in [7, 11) is 0.